The standard InChI is InChI=1S/C18H19BrN6O/c19-14-9-21-16(23-15(14)12-2-1-5-20-8-12)24-17-22-10-18(26-17)11-25-6-3-13(18)4-7-25/h1-2,5,8-9,13H,3-4,6-7,10-11H2,(H,21,22,23,24). The highest BCUT2D eigenvalue weighted by molar-refractivity contribution is 9.10. The lowest BCUT2D eigenvalue weighted by atomic mass is 9.75. The number of hydrogen-bond acceptors (Lipinski definition) is 7. The number of anilines is 1. The first kappa shape index (κ1) is 16.1. The Morgan fingerprint density at radius 1 is 1.27 bits per heavy atom. The summed E-state index contributed by atoms with van der Waals surface area (Å²) in [6, 6.07) is 4.38. The molecule has 3 saturated heterocycles. The number of hydrogen-bond donors (Lipinski definition) is 1. The molecule has 0 radical (unpaired) electrons. The molecule has 6 rings (SSSR count). The summed E-state index contributed by atoms with van der Waals surface area (Å²) in [4.78, 5) is 20.2. The SMILES string of the molecule is Brc1cnc(NC2=NCC3(CN4CCC3CC4)O2)nc1-c1cccnc1. The second-order valence-corrected chi connectivity index (χ2v) is 7.95. The number of nitrogens with one attached hydrogen (secondary N) is 1. The highest BCUT2D eigenvalue weighted by atomic mass is 79.9. The van der Waals surface area contributed by atoms with Crippen molar-refractivity contribution in [3.63, 3.8) is 0 Å². The highest BCUT2D eigenvalue weighted by Gasteiger charge is 2.51. The fraction of sp³-hybridized carbons (Fsp3) is 0.444. The zero-order valence-electron chi connectivity index (χ0n) is 14.2. The molecule has 0 amide bonds. The third-order valence-corrected chi connectivity index (χ3v) is 6.09. The van der Waals surface area contributed by atoms with Gasteiger partial charge in [-0.25, -0.2) is 15.0 Å². The van der Waals surface area contributed by atoms with Crippen molar-refractivity contribution in [2.45, 2.75) is 18.4 Å². The van der Waals surface area contributed by atoms with E-state index in [2.05, 4.69) is 46.1 Å². The average Bonchev–Trinajstić information content (AvgIpc) is 3.07. The maximum atomic E-state index is 6.30. The quantitative estimate of drug-likeness (QED) is 0.813. The van der Waals surface area contributed by atoms with Crippen molar-refractivity contribution >= 4 is 27.9 Å². The number of nitrogens with zero attached hydrogens (tertiary/aromatic N) is 5. The van der Waals surface area contributed by atoms with Crippen LogP contribution in [-0.4, -0.2) is 57.7 Å². The van der Waals surface area contributed by atoms with Crippen LogP contribution in [0.3, 0.4) is 0 Å². The van der Waals surface area contributed by atoms with Crippen LogP contribution >= 0.6 is 15.9 Å². The topological polar surface area (TPSA) is 75.5 Å². The number of ether oxygens (including phenoxy) is 1. The molecule has 6 heterocycles. The number of halogens is 1. The first-order valence-electron chi connectivity index (χ1n) is 8.88. The molecule has 7 nitrogen and oxygen atoms in total. The van der Waals surface area contributed by atoms with Gasteiger partial charge in [0.1, 0.15) is 5.60 Å². The minimum absolute atomic E-state index is 0.166. The van der Waals surface area contributed by atoms with E-state index in [1.54, 1.807) is 18.6 Å². The van der Waals surface area contributed by atoms with Crippen molar-refractivity contribution in [3.8, 4) is 11.3 Å². The molecule has 134 valence electrons. The van der Waals surface area contributed by atoms with Gasteiger partial charge in [-0.2, -0.15) is 0 Å². The second-order valence-electron chi connectivity index (χ2n) is 7.10. The normalized spacial score (nSPS) is 29.5. The maximum Gasteiger partial charge on any atom is 0.292 e. The summed E-state index contributed by atoms with van der Waals surface area (Å²) < 4.78 is 7.12. The molecule has 1 spiro atoms. The van der Waals surface area contributed by atoms with Gasteiger partial charge in [0.15, 0.2) is 0 Å². The van der Waals surface area contributed by atoms with Crippen LogP contribution in [0.4, 0.5) is 5.95 Å². The fourth-order valence-corrected chi connectivity index (χ4v) is 4.60. The smallest absolute Gasteiger partial charge is 0.292 e. The Hall–Kier alpha value is -2.06. The van der Waals surface area contributed by atoms with E-state index in [-0.39, 0.29) is 5.60 Å². The Balaban J connectivity index is 1.35. The zero-order chi connectivity index (χ0) is 17.6. The molecule has 8 heteroatoms. The molecule has 4 aliphatic rings. The van der Waals surface area contributed by atoms with Crippen LogP contribution in [0.25, 0.3) is 11.3 Å². The Morgan fingerprint density at radius 2 is 2.15 bits per heavy atom. The van der Waals surface area contributed by atoms with Gasteiger partial charge in [0.05, 0.1) is 16.7 Å². The summed E-state index contributed by atoms with van der Waals surface area (Å²) in [5, 5.41) is 3.16. The molecule has 2 aromatic rings. The van der Waals surface area contributed by atoms with Crippen molar-refractivity contribution in [3.05, 3.63) is 35.2 Å². The first-order chi connectivity index (χ1) is 12.7. The van der Waals surface area contributed by atoms with Crippen LogP contribution in [0, 0.1) is 5.92 Å². The number of aliphatic imine (C=N–C) groups is 1. The second kappa shape index (κ2) is 6.28. The van der Waals surface area contributed by atoms with E-state index in [9.17, 15) is 0 Å². The maximum absolute atomic E-state index is 6.30. The number of aromatic nitrogens is 3. The molecule has 4 aliphatic heterocycles. The van der Waals surface area contributed by atoms with E-state index in [0.29, 0.717) is 24.4 Å². The van der Waals surface area contributed by atoms with Gasteiger partial charge >= 0.3 is 0 Å². The summed E-state index contributed by atoms with van der Waals surface area (Å²) in [6.07, 6.45) is 7.65. The van der Waals surface area contributed by atoms with Gasteiger partial charge < -0.3 is 4.74 Å². The van der Waals surface area contributed by atoms with Crippen molar-refractivity contribution in [2.75, 3.05) is 31.5 Å². The molecule has 1 atom stereocenters. The van der Waals surface area contributed by atoms with Gasteiger partial charge in [-0.05, 0) is 54.0 Å². The van der Waals surface area contributed by atoms with Gasteiger partial charge in [-0.3, -0.25) is 15.2 Å². The molecule has 2 bridgehead atoms. The summed E-state index contributed by atoms with van der Waals surface area (Å²) >= 11 is 3.51. The van der Waals surface area contributed by atoms with E-state index in [1.165, 1.54) is 25.9 Å². The Labute approximate surface area is 160 Å². The van der Waals surface area contributed by atoms with Crippen LogP contribution in [-0.2, 0) is 4.74 Å². The van der Waals surface area contributed by atoms with Gasteiger partial charge in [0, 0.05) is 36.6 Å². The Kier molecular flexibility index (Phi) is 3.90. The average molecular weight is 415 g/mol. The van der Waals surface area contributed by atoms with Gasteiger partial charge in [-0.15, -0.1) is 0 Å². The first-order valence-corrected chi connectivity index (χ1v) is 9.67. The number of piperidine rings is 3. The number of pyridine rings is 1. The summed E-state index contributed by atoms with van der Waals surface area (Å²) in [7, 11) is 0. The number of rotatable bonds is 2. The molecule has 26 heavy (non-hydrogen) atoms. The van der Waals surface area contributed by atoms with Gasteiger partial charge in [0.2, 0.25) is 5.95 Å². The van der Waals surface area contributed by atoms with E-state index in [1.807, 2.05) is 12.1 Å². The van der Waals surface area contributed by atoms with Crippen molar-refractivity contribution in [1.29, 1.82) is 0 Å². The molecule has 0 saturated carbocycles. The lowest BCUT2D eigenvalue weighted by Crippen LogP contribution is -2.61. The largest absolute Gasteiger partial charge is 0.455 e. The van der Waals surface area contributed by atoms with Crippen LogP contribution in [0.5, 0.6) is 0 Å². The van der Waals surface area contributed by atoms with E-state index in [4.69, 9.17) is 4.74 Å². The van der Waals surface area contributed by atoms with Gasteiger partial charge in [-0.1, -0.05) is 0 Å². The Morgan fingerprint density at radius 3 is 2.88 bits per heavy atom. The van der Waals surface area contributed by atoms with E-state index < -0.39 is 0 Å². The predicted molar refractivity (Wildman–Crippen MR) is 102 cm³/mol. The summed E-state index contributed by atoms with van der Waals surface area (Å²) in [5.74, 6) is 1.07. The van der Waals surface area contributed by atoms with E-state index in [0.717, 1.165) is 22.3 Å². The van der Waals surface area contributed by atoms with Crippen molar-refractivity contribution < 1.29 is 4.74 Å². The molecule has 0 aliphatic carbocycles. The number of fused-ring (bicyclic) bond motifs is 2. The molecule has 1 N–H and O–H groups in total. The molecule has 3 fully saturated rings. The summed E-state index contributed by atoms with van der Waals surface area (Å²) in [6.45, 7) is 4.04. The fourth-order valence-electron chi connectivity index (χ4n) is 4.18. The minimum atomic E-state index is -0.166. The third-order valence-electron chi connectivity index (χ3n) is 5.51. The van der Waals surface area contributed by atoms with Crippen LogP contribution in [0.15, 0.2) is 40.2 Å². The molecule has 1 unspecified atom stereocenters. The Bertz CT molecular complexity index is 852. The summed E-state index contributed by atoms with van der Waals surface area (Å²) in [5.41, 5.74) is 1.54. The third kappa shape index (κ3) is 2.77. The molecular formula is C18H19BrN6O. The van der Waals surface area contributed by atoms with Crippen molar-refractivity contribution in [2.24, 2.45) is 10.9 Å². The van der Waals surface area contributed by atoms with Crippen LogP contribution in [0.1, 0.15) is 12.8 Å². The lowest BCUT2D eigenvalue weighted by Gasteiger charge is -2.50. The molecular weight excluding hydrogens is 396 g/mol. The number of amidine groups is 1. The zero-order valence-corrected chi connectivity index (χ0v) is 15.8. The van der Waals surface area contributed by atoms with Crippen LogP contribution < -0.4 is 5.32 Å². The highest BCUT2D eigenvalue weighted by Crippen LogP contribution is 2.40. The van der Waals surface area contributed by atoms with Crippen molar-refractivity contribution in [1.82, 2.24) is 19.9 Å². The minimum Gasteiger partial charge on any atom is -0.455 e. The monoisotopic (exact) mass is 414 g/mol. The van der Waals surface area contributed by atoms with Gasteiger partial charge in [0.25, 0.3) is 6.02 Å². The van der Waals surface area contributed by atoms with Crippen LogP contribution in [0.2, 0.25) is 0 Å². The lowest BCUT2D eigenvalue weighted by molar-refractivity contribution is -0.0829. The molecule has 0 aromatic carbocycles. The van der Waals surface area contributed by atoms with E-state index >= 15 is 0 Å². The molecule has 2 aromatic heterocycles. The predicted octanol–water partition coefficient (Wildman–Crippen LogP) is 2.56.